The molecule has 1 aromatic carbocycles. The highest BCUT2D eigenvalue weighted by molar-refractivity contribution is 6.31. The van der Waals surface area contributed by atoms with Gasteiger partial charge < -0.3 is 9.42 Å². The van der Waals surface area contributed by atoms with E-state index in [0.29, 0.717) is 24.7 Å². The summed E-state index contributed by atoms with van der Waals surface area (Å²) in [6, 6.07) is 3.56. The molecule has 2 aromatic rings. The zero-order chi connectivity index (χ0) is 16.6. The van der Waals surface area contributed by atoms with Gasteiger partial charge in [-0.1, -0.05) is 16.8 Å². The predicted molar refractivity (Wildman–Crippen MR) is 80.2 cm³/mol. The van der Waals surface area contributed by atoms with E-state index in [-0.39, 0.29) is 22.3 Å². The van der Waals surface area contributed by atoms with Crippen LogP contribution in [0.5, 0.6) is 0 Å². The third kappa shape index (κ3) is 2.89. The van der Waals surface area contributed by atoms with Gasteiger partial charge in [-0.2, -0.15) is 4.98 Å². The first kappa shape index (κ1) is 15.4. The zero-order valence-electron chi connectivity index (χ0n) is 12.2. The highest BCUT2D eigenvalue weighted by atomic mass is 35.5. The van der Waals surface area contributed by atoms with Gasteiger partial charge in [0.1, 0.15) is 11.6 Å². The molecule has 1 unspecified atom stereocenters. The van der Waals surface area contributed by atoms with Crippen LogP contribution in [0, 0.1) is 17.0 Å². The standard InChI is InChI=1S/C14H13ClN4O4/c1-8-16-13(23-17-8)12-3-2-6-18(12)14(20)10-7-9(15)4-5-11(10)19(21)22/h4-5,7,12H,2-3,6H2,1H3. The first-order chi connectivity index (χ1) is 11.0. The van der Waals surface area contributed by atoms with Crippen molar-refractivity contribution in [3.8, 4) is 0 Å². The number of aryl methyl sites for hydroxylation is 1. The minimum Gasteiger partial charge on any atom is -0.337 e. The van der Waals surface area contributed by atoms with Crippen molar-refractivity contribution in [3.05, 3.63) is 50.6 Å². The summed E-state index contributed by atoms with van der Waals surface area (Å²) in [5, 5.41) is 15.2. The van der Waals surface area contributed by atoms with E-state index in [1.54, 1.807) is 6.92 Å². The Morgan fingerprint density at radius 2 is 2.30 bits per heavy atom. The van der Waals surface area contributed by atoms with Crippen molar-refractivity contribution >= 4 is 23.2 Å². The topological polar surface area (TPSA) is 102 Å². The van der Waals surface area contributed by atoms with Gasteiger partial charge in [0, 0.05) is 17.6 Å². The average Bonchev–Trinajstić information content (AvgIpc) is 3.14. The number of nitro groups is 1. The monoisotopic (exact) mass is 336 g/mol. The molecule has 3 rings (SSSR count). The molecule has 0 radical (unpaired) electrons. The van der Waals surface area contributed by atoms with Crippen LogP contribution >= 0.6 is 11.6 Å². The van der Waals surface area contributed by atoms with Gasteiger partial charge in [-0.15, -0.1) is 0 Å². The smallest absolute Gasteiger partial charge is 0.282 e. The average molecular weight is 337 g/mol. The summed E-state index contributed by atoms with van der Waals surface area (Å²) in [4.78, 5) is 29.0. The number of amides is 1. The molecule has 8 nitrogen and oxygen atoms in total. The molecular weight excluding hydrogens is 324 g/mol. The summed E-state index contributed by atoms with van der Waals surface area (Å²) in [7, 11) is 0. The lowest BCUT2D eigenvalue weighted by molar-refractivity contribution is -0.385. The van der Waals surface area contributed by atoms with E-state index >= 15 is 0 Å². The summed E-state index contributed by atoms with van der Waals surface area (Å²) in [5.41, 5.74) is -0.308. The van der Waals surface area contributed by atoms with Gasteiger partial charge in [0.2, 0.25) is 5.89 Å². The quantitative estimate of drug-likeness (QED) is 0.630. The number of hydrogen-bond acceptors (Lipinski definition) is 6. The molecule has 0 bridgehead atoms. The van der Waals surface area contributed by atoms with Gasteiger partial charge in [-0.05, 0) is 31.9 Å². The second-order valence-corrected chi connectivity index (χ2v) is 5.69. The van der Waals surface area contributed by atoms with Crippen LogP contribution in [0.25, 0.3) is 0 Å². The number of aromatic nitrogens is 2. The van der Waals surface area contributed by atoms with Gasteiger partial charge in [0.05, 0.1) is 4.92 Å². The lowest BCUT2D eigenvalue weighted by Gasteiger charge is -2.21. The first-order valence-corrected chi connectivity index (χ1v) is 7.40. The van der Waals surface area contributed by atoms with E-state index in [9.17, 15) is 14.9 Å². The van der Waals surface area contributed by atoms with Crippen LogP contribution in [0.15, 0.2) is 22.7 Å². The largest absolute Gasteiger partial charge is 0.337 e. The third-order valence-corrected chi connectivity index (χ3v) is 3.96. The molecule has 1 atom stereocenters. The Morgan fingerprint density at radius 1 is 1.52 bits per heavy atom. The van der Waals surface area contributed by atoms with Crippen LogP contribution in [0.1, 0.15) is 41.0 Å². The number of benzene rings is 1. The van der Waals surface area contributed by atoms with Crippen molar-refractivity contribution in [1.82, 2.24) is 15.0 Å². The van der Waals surface area contributed by atoms with Gasteiger partial charge in [-0.3, -0.25) is 14.9 Å². The summed E-state index contributed by atoms with van der Waals surface area (Å²) in [6.45, 7) is 2.16. The lowest BCUT2D eigenvalue weighted by Crippen LogP contribution is -2.31. The number of halogens is 1. The van der Waals surface area contributed by atoms with E-state index in [0.717, 1.165) is 6.42 Å². The Hall–Kier alpha value is -2.48. The summed E-state index contributed by atoms with van der Waals surface area (Å²) >= 11 is 5.89. The van der Waals surface area contributed by atoms with Crippen molar-refractivity contribution in [2.75, 3.05) is 6.54 Å². The molecular formula is C14H13ClN4O4. The maximum absolute atomic E-state index is 12.8. The molecule has 1 fully saturated rings. The van der Waals surface area contributed by atoms with Crippen LogP contribution in [0.2, 0.25) is 5.02 Å². The molecule has 1 aliphatic heterocycles. The molecule has 23 heavy (non-hydrogen) atoms. The van der Waals surface area contributed by atoms with Crippen molar-refractivity contribution in [2.24, 2.45) is 0 Å². The summed E-state index contributed by atoms with van der Waals surface area (Å²) < 4.78 is 5.15. The first-order valence-electron chi connectivity index (χ1n) is 7.02. The Bertz CT molecular complexity index is 776. The van der Waals surface area contributed by atoms with Gasteiger partial charge >= 0.3 is 0 Å². The lowest BCUT2D eigenvalue weighted by atomic mass is 10.1. The fraction of sp³-hybridized carbons (Fsp3) is 0.357. The number of hydrogen-bond donors (Lipinski definition) is 0. The van der Waals surface area contributed by atoms with E-state index in [4.69, 9.17) is 16.1 Å². The fourth-order valence-corrected chi connectivity index (χ4v) is 2.88. The normalized spacial score (nSPS) is 17.5. The number of nitro benzene ring substituents is 1. The molecule has 120 valence electrons. The molecule has 0 spiro atoms. The molecule has 1 aliphatic rings. The Labute approximate surface area is 136 Å². The Morgan fingerprint density at radius 3 is 2.96 bits per heavy atom. The Kier molecular flexibility index (Phi) is 3.99. The third-order valence-electron chi connectivity index (χ3n) is 3.73. The van der Waals surface area contributed by atoms with Gasteiger partial charge in [0.25, 0.3) is 11.6 Å². The van der Waals surface area contributed by atoms with E-state index in [1.165, 1.54) is 23.1 Å². The van der Waals surface area contributed by atoms with Crippen LogP contribution in [-0.2, 0) is 0 Å². The SMILES string of the molecule is Cc1noc(C2CCCN2C(=O)c2cc(Cl)ccc2[N+](=O)[O-])n1. The van der Waals surface area contributed by atoms with E-state index in [2.05, 4.69) is 10.1 Å². The number of nitrogens with zero attached hydrogens (tertiary/aromatic N) is 4. The van der Waals surface area contributed by atoms with E-state index < -0.39 is 10.8 Å². The van der Waals surface area contributed by atoms with Crippen LogP contribution in [0.3, 0.4) is 0 Å². The molecule has 1 amide bonds. The van der Waals surface area contributed by atoms with Crippen molar-refractivity contribution < 1.29 is 14.2 Å². The summed E-state index contributed by atoms with van der Waals surface area (Å²) in [6.07, 6.45) is 1.42. The fourth-order valence-electron chi connectivity index (χ4n) is 2.71. The highest BCUT2D eigenvalue weighted by Gasteiger charge is 2.36. The minimum absolute atomic E-state index is 0.0364. The second kappa shape index (κ2) is 5.96. The number of likely N-dealkylation sites (tertiary alicyclic amines) is 1. The highest BCUT2D eigenvalue weighted by Crippen LogP contribution is 2.34. The summed E-state index contributed by atoms with van der Waals surface area (Å²) in [5.74, 6) is 0.364. The van der Waals surface area contributed by atoms with Crippen LogP contribution in [0.4, 0.5) is 5.69 Å². The number of carbonyl (C=O) groups is 1. The van der Waals surface area contributed by atoms with Crippen LogP contribution in [-0.4, -0.2) is 32.4 Å². The molecule has 0 N–H and O–H groups in total. The van der Waals surface area contributed by atoms with Gasteiger partial charge in [0.15, 0.2) is 5.82 Å². The second-order valence-electron chi connectivity index (χ2n) is 5.25. The van der Waals surface area contributed by atoms with Crippen LogP contribution < -0.4 is 0 Å². The number of carbonyl (C=O) groups excluding carboxylic acids is 1. The molecule has 2 heterocycles. The molecule has 1 aromatic heterocycles. The zero-order valence-corrected chi connectivity index (χ0v) is 13.0. The maximum atomic E-state index is 12.8. The Balaban J connectivity index is 1.96. The molecule has 0 saturated carbocycles. The van der Waals surface area contributed by atoms with E-state index in [1.807, 2.05) is 0 Å². The van der Waals surface area contributed by atoms with Crippen molar-refractivity contribution in [3.63, 3.8) is 0 Å². The molecule has 9 heteroatoms. The molecule has 0 aliphatic carbocycles. The van der Waals surface area contributed by atoms with Crippen molar-refractivity contribution in [2.45, 2.75) is 25.8 Å². The van der Waals surface area contributed by atoms with Gasteiger partial charge in [-0.25, -0.2) is 0 Å². The van der Waals surface area contributed by atoms with Crippen molar-refractivity contribution in [1.29, 1.82) is 0 Å². The number of rotatable bonds is 3. The predicted octanol–water partition coefficient (Wildman–Crippen LogP) is 2.92. The maximum Gasteiger partial charge on any atom is 0.282 e. The molecule has 1 saturated heterocycles. The minimum atomic E-state index is -0.592.